The highest BCUT2D eigenvalue weighted by molar-refractivity contribution is 9.10. The Bertz CT molecular complexity index is 1300. The lowest BCUT2D eigenvalue weighted by Gasteiger charge is -2.46. The number of nitrogens with one attached hydrogen (secondary N) is 1. The molecule has 2 heterocycles. The molecule has 1 atom stereocenters. The van der Waals surface area contributed by atoms with Gasteiger partial charge in [0, 0.05) is 20.7 Å². The molecule has 35 heavy (non-hydrogen) atoms. The molecule has 1 aliphatic heterocycles. The highest BCUT2D eigenvalue weighted by Crippen LogP contribution is 2.58. The minimum absolute atomic E-state index is 0.101. The van der Waals surface area contributed by atoms with Crippen molar-refractivity contribution >= 4 is 55.9 Å². The maximum atomic E-state index is 14.0. The average molecular weight is 604 g/mol. The summed E-state index contributed by atoms with van der Waals surface area (Å²) in [6, 6.07) is 12.9. The zero-order chi connectivity index (χ0) is 25.0. The Labute approximate surface area is 223 Å². The number of halogens is 6. The number of imidazole rings is 1. The van der Waals surface area contributed by atoms with E-state index in [0.717, 1.165) is 27.6 Å². The second-order valence-electron chi connectivity index (χ2n) is 8.57. The predicted octanol–water partition coefficient (Wildman–Crippen LogP) is 8.23. The van der Waals surface area contributed by atoms with Crippen LogP contribution >= 0.6 is 50.9 Å². The second-order valence-corrected chi connectivity index (χ2v) is 11.4. The molecule has 4 nitrogen and oxygen atoms in total. The van der Waals surface area contributed by atoms with Gasteiger partial charge in [-0.15, -0.1) is 0 Å². The third-order valence-corrected chi connectivity index (χ3v) is 8.97. The molecule has 0 amide bonds. The van der Waals surface area contributed by atoms with Crippen LogP contribution in [-0.4, -0.2) is 26.1 Å². The van der Waals surface area contributed by atoms with Crippen LogP contribution in [0.25, 0.3) is 17.1 Å². The van der Waals surface area contributed by atoms with Crippen LogP contribution in [0.3, 0.4) is 0 Å². The molecule has 0 saturated heterocycles. The van der Waals surface area contributed by atoms with Crippen molar-refractivity contribution in [2.24, 2.45) is 10.5 Å². The van der Waals surface area contributed by atoms with Crippen LogP contribution in [0.5, 0.6) is 0 Å². The van der Waals surface area contributed by atoms with Gasteiger partial charge >= 0.3 is 6.18 Å². The van der Waals surface area contributed by atoms with Crippen molar-refractivity contribution in [3.05, 3.63) is 68.4 Å². The highest BCUT2D eigenvalue weighted by atomic mass is 79.9. The van der Waals surface area contributed by atoms with Gasteiger partial charge in [0.1, 0.15) is 21.9 Å². The van der Waals surface area contributed by atoms with Crippen LogP contribution < -0.4 is 5.43 Å². The standard InChI is InChI=1S/C24H20BrCl2F3N4S/c1-2-18-19(21-32-33-22(35-21)23(10-3-11-23)24(28,29)30)31-20(16-9-6-14(26)12-17(16)27)34(18)15-7-4-13(25)5-8-15/h4-9,12,22,33H,2-3,10-11H2,1H3. The molecule has 2 aromatic carbocycles. The summed E-state index contributed by atoms with van der Waals surface area (Å²) >= 11 is 17.2. The van der Waals surface area contributed by atoms with Gasteiger partial charge < -0.3 is 0 Å². The first-order chi connectivity index (χ1) is 16.6. The van der Waals surface area contributed by atoms with E-state index in [2.05, 4.69) is 26.5 Å². The molecule has 1 aliphatic carbocycles. The van der Waals surface area contributed by atoms with Crippen molar-refractivity contribution < 1.29 is 13.2 Å². The number of hydrazone groups is 1. The fourth-order valence-electron chi connectivity index (χ4n) is 4.55. The van der Waals surface area contributed by atoms with Gasteiger partial charge in [-0.05, 0) is 61.7 Å². The Balaban J connectivity index is 1.62. The smallest absolute Gasteiger partial charge is 0.296 e. The van der Waals surface area contributed by atoms with Crippen LogP contribution in [0.1, 0.15) is 37.6 Å². The number of hydrogen-bond donors (Lipinski definition) is 1. The topological polar surface area (TPSA) is 42.2 Å². The maximum absolute atomic E-state index is 14.0. The number of nitrogens with zero attached hydrogens (tertiary/aromatic N) is 3. The third kappa shape index (κ3) is 4.28. The highest BCUT2D eigenvalue weighted by Gasteiger charge is 2.64. The molecule has 0 spiro atoms. The zero-order valence-electron chi connectivity index (χ0n) is 18.5. The minimum Gasteiger partial charge on any atom is -0.296 e. The monoisotopic (exact) mass is 602 g/mol. The van der Waals surface area contributed by atoms with E-state index in [4.69, 9.17) is 28.2 Å². The summed E-state index contributed by atoms with van der Waals surface area (Å²) in [6.07, 6.45) is -2.95. The molecule has 0 bridgehead atoms. The first-order valence-corrected chi connectivity index (χ1v) is 13.5. The van der Waals surface area contributed by atoms with Gasteiger partial charge in [-0.2, -0.15) is 18.3 Å². The second kappa shape index (κ2) is 9.32. The number of hydrogen-bond acceptors (Lipinski definition) is 4. The first kappa shape index (κ1) is 25.0. The normalized spacial score (nSPS) is 19.3. The summed E-state index contributed by atoms with van der Waals surface area (Å²) in [5.74, 6) is 0.571. The Morgan fingerprint density at radius 1 is 1.17 bits per heavy atom. The molecule has 1 unspecified atom stereocenters. The SMILES string of the molecule is CCc1c(C2=NNC(C3(C(F)(F)F)CCC3)S2)nc(-c2ccc(Cl)cc2Cl)n1-c1ccc(Br)cc1. The van der Waals surface area contributed by atoms with E-state index in [1.54, 1.807) is 18.2 Å². The molecule has 1 fully saturated rings. The molecule has 0 radical (unpaired) electrons. The minimum atomic E-state index is -4.30. The maximum Gasteiger partial charge on any atom is 0.397 e. The Hall–Kier alpha value is -1.68. The van der Waals surface area contributed by atoms with Crippen molar-refractivity contribution in [3.8, 4) is 17.1 Å². The molecule has 1 aromatic heterocycles. The van der Waals surface area contributed by atoms with Crippen LogP contribution in [0.15, 0.2) is 52.0 Å². The van der Waals surface area contributed by atoms with Crippen molar-refractivity contribution in [1.82, 2.24) is 15.0 Å². The largest absolute Gasteiger partial charge is 0.397 e. The molecule has 11 heteroatoms. The van der Waals surface area contributed by atoms with E-state index >= 15 is 0 Å². The molecular formula is C24H20BrCl2F3N4S. The van der Waals surface area contributed by atoms with Gasteiger partial charge in [-0.25, -0.2) is 4.98 Å². The fourth-order valence-corrected chi connectivity index (χ4v) is 6.61. The summed E-state index contributed by atoms with van der Waals surface area (Å²) in [5.41, 5.74) is 3.90. The van der Waals surface area contributed by atoms with E-state index < -0.39 is 17.0 Å². The van der Waals surface area contributed by atoms with Crippen LogP contribution in [0.2, 0.25) is 10.0 Å². The van der Waals surface area contributed by atoms with Crippen molar-refractivity contribution in [2.75, 3.05) is 0 Å². The van der Waals surface area contributed by atoms with E-state index in [1.807, 2.05) is 35.8 Å². The van der Waals surface area contributed by atoms with Crippen LogP contribution in [-0.2, 0) is 6.42 Å². The zero-order valence-corrected chi connectivity index (χ0v) is 22.4. The van der Waals surface area contributed by atoms with Crippen molar-refractivity contribution in [3.63, 3.8) is 0 Å². The first-order valence-electron chi connectivity index (χ1n) is 11.0. The summed E-state index contributed by atoms with van der Waals surface area (Å²) in [6.45, 7) is 1.98. The third-order valence-electron chi connectivity index (χ3n) is 6.59. The van der Waals surface area contributed by atoms with Gasteiger partial charge in [0.2, 0.25) is 0 Å². The van der Waals surface area contributed by atoms with Gasteiger partial charge in [-0.1, -0.05) is 64.2 Å². The lowest BCUT2D eigenvalue weighted by Crippen LogP contribution is -2.54. The summed E-state index contributed by atoms with van der Waals surface area (Å²) in [7, 11) is 0. The number of benzene rings is 2. The van der Waals surface area contributed by atoms with Crippen LogP contribution in [0.4, 0.5) is 13.2 Å². The number of aromatic nitrogens is 2. The van der Waals surface area contributed by atoms with E-state index in [9.17, 15) is 13.2 Å². The fraction of sp³-hybridized carbons (Fsp3) is 0.333. The molecular weight excluding hydrogens is 584 g/mol. The Morgan fingerprint density at radius 3 is 2.46 bits per heavy atom. The molecule has 3 aromatic rings. The number of alkyl halides is 3. The molecule has 1 N–H and O–H groups in total. The molecule has 2 aliphatic rings. The number of thioether (sulfide) groups is 1. The van der Waals surface area contributed by atoms with Gasteiger partial charge in [0.05, 0.1) is 16.1 Å². The van der Waals surface area contributed by atoms with Gasteiger partial charge in [-0.3, -0.25) is 9.99 Å². The van der Waals surface area contributed by atoms with Gasteiger partial charge in [0.15, 0.2) is 0 Å². The van der Waals surface area contributed by atoms with Crippen molar-refractivity contribution in [1.29, 1.82) is 0 Å². The molecule has 184 valence electrons. The summed E-state index contributed by atoms with van der Waals surface area (Å²) < 4.78 is 44.8. The quantitative estimate of drug-likeness (QED) is 0.319. The molecule has 5 rings (SSSR count). The summed E-state index contributed by atoms with van der Waals surface area (Å²) in [4.78, 5) is 4.90. The lowest BCUT2D eigenvalue weighted by molar-refractivity contribution is -0.252. The Kier molecular flexibility index (Phi) is 6.66. The molecule has 1 saturated carbocycles. The number of rotatable bonds is 5. The predicted molar refractivity (Wildman–Crippen MR) is 139 cm³/mol. The van der Waals surface area contributed by atoms with E-state index in [-0.39, 0.29) is 12.8 Å². The van der Waals surface area contributed by atoms with E-state index in [1.165, 1.54) is 0 Å². The Morgan fingerprint density at radius 2 is 1.89 bits per heavy atom. The lowest BCUT2D eigenvalue weighted by atomic mass is 9.68. The van der Waals surface area contributed by atoms with Crippen molar-refractivity contribution in [2.45, 2.75) is 44.2 Å². The summed E-state index contributed by atoms with van der Waals surface area (Å²) in [5, 5.41) is 4.84. The van der Waals surface area contributed by atoms with E-state index in [0.29, 0.717) is 45.0 Å². The average Bonchev–Trinajstić information content (AvgIpc) is 3.37. The van der Waals surface area contributed by atoms with Crippen LogP contribution in [0, 0.1) is 5.41 Å². The van der Waals surface area contributed by atoms with Gasteiger partial charge in [0.25, 0.3) is 0 Å².